The Balaban J connectivity index is 1.46. The Morgan fingerprint density at radius 1 is 1.06 bits per heavy atom. The van der Waals surface area contributed by atoms with Crippen molar-refractivity contribution in [1.82, 2.24) is 20.1 Å². The van der Waals surface area contributed by atoms with Crippen LogP contribution in [0.15, 0.2) is 12.3 Å². The number of hydrogen-bond acceptors (Lipinski definition) is 8. The van der Waals surface area contributed by atoms with Gasteiger partial charge in [0.15, 0.2) is 0 Å². The Hall–Kier alpha value is -3.50. The summed E-state index contributed by atoms with van der Waals surface area (Å²) in [6.45, 7) is 7.28. The SMILES string of the molecule is CC(C)(C)OC(=O)N1CCN(c2cc3c(cn2)C(=O)N(C2CCC(=O)NC2=O)C3=O)CC1. The molecule has 0 spiro atoms. The minimum atomic E-state index is -1.01. The van der Waals surface area contributed by atoms with Gasteiger partial charge in [0.1, 0.15) is 17.5 Å². The van der Waals surface area contributed by atoms with Crippen molar-refractivity contribution in [3.05, 3.63) is 23.4 Å². The van der Waals surface area contributed by atoms with Gasteiger partial charge in [0.05, 0.1) is 11.1 Å². The fourth-order valence-electron chi connectivity index (χ4n) is 3.97. The van der Waals surface area contributed by atoms with Gasteiger partial charge in [-0.1, -0.05) is 0 Å². The van der Waals surface area contributed by atoms with Gasteiger partial charge in [-0.15, -0.1) is 0 Å². The van der Waals surface area contributed by atoms with E-state index >= 15 is 0 Å². The average molecular weight is 443 g/mol. The third-order valence-corrected chi connectivity index (χ3v) is 5.57. The molecule has 0 saturated carbocycles. The summed E-state index contributed by atoms with van der Waals surface area (Å²) in [5.41, 5.74) is -0.257. The summed E-state index contributed by atoms with van der Waals surface area (Å²) >= 11 is 0. The van der Waals surface area contributed by atoms with Crippen LogP contribution in [-0.4, -0.2) is 82.3 Å². The molecule has 2 saturated heterocycles. The highest BCUT2D eigenvalue weighted by Crippen LogP contribution is 2.29. The zero-order valence-corrected chi connectivity index (χ0v) is 18.2. The molecule has 4 heterocycles. The van der Waals surface area contributed by atoms with E-state index in [2.05, 4.69) is 10.3 Å². The van der Waals surface area contributed by atoms with Crippen LogP contribution in [0.3, 0.4) is 0 Å². The van der Waals surface area contributed by atoms with E-state index in [9.17, 15) is 24.0 Å². The van der Waals surface area contributed by atoms with Gasteiger partial charge in [-0.05, 0) is 33.3 Å². The highest BCUT2D eigenvalue weighted by atomic mass is 16.6. The number of carbonyl (C=O) groups is 5. The number of amides is 5. The van der Waals surface area contributed by atoms with Crippen LogP contribution in [0.4, 0.5) is 10.6 Å². The molecular weight excluding hydrogens is 418 g/mol. The number of aromatic nitrogens is 1. The molecule has 0 aliphatic carbocycles. The summed E-state index contributed by atoms with van der Waals surface area (Å²) in [4.78, 5) is 70.4. The minimum Gasteiger partial charge on any atom is -0.444 e. The molecule has 11 nitrogen and oxygen atoms in total. The number of carbonyl (C=O) groups excluding carboxylic acids is 5. The maximum absolute atomic E-state index is 13.0. The predicted molar refractivity (Wildman–Crippen MR) is 111 cm³/mol. The van der Waals surface area contributed by atoms with Gasteiger partial charge in [0.2, 0.25) is 11.8 Å². The lowest BCUT2D eigenvalue weighted by atomic mass is 10.0. The van der Waals surface area contributed by atoms with E-state index in [1.54, 1.807) is 11.0 Å². The van der Waals surface area contributed by atoms with Gasteiger partial charge in [0.25, 0.3) is 11.8 Å². The van der Waals surface area contributed by atoms with E-state index in [-0.39, 0.29) is 30.1 Å². The number of fused-ring (bicyclic) bond motifs is 1. The molecule has 32 heavy (non-hydrogen) atoms. The molecule has 170 valence electrons. The maximum Gasteiger partial charge on any atom is 0.410 e. The summed E-state index contributed by atoms with van der Waals surface area (Å²) in [7, 11) is 0. The number of anilines is 1. The molecule has 1 N–H and O–H groups in total. The van der Waals surface area contributed by atoms with E-state index in [0.29, 0.717) is 32.0 Å². The molecule has 3 aliphatic heterocycles. The Bertz CT molecular complexity index is 1010. The molecule has 11 heteroatoms. The fraction of sp³-hybridized carbons (Fsp3) is 0.524. The molecule has 3 aliphatic rings. The monoisotopic (exact) mass is 443 g/mol. The molecule has 1 aromatic heterocycles. The van der Waals surface area contributed by atoms with Crippen molar-refractivity contribution in [2.24, 2.45) is 0 Å². The van der Waals surface area contributed by atoms with E-state index in [1.807, 2.05) is 25.7 Å². The Morgan fingerprint density at radius 2 is 1.72 bits per heavy atom. The Kier molecular flexibility index (Phi) is 5.35. The van der Waals surface area contributed by atoms with Crippen molar-refractivity contribution < 1.29 is 28.7 Å². The van der Waals surface area contributed by atoms with Crippen LogP contribution in [0.25, 0.3) is 0 Å². The Labute approximate surface area is 184 Å². The van der Waals surface area contributed by atoms with Crippen molar-refractivity contribution in [2.45, 2.75) is 45.3 Å². The third-order valence-electron chi connectivity index (χ3n) is 5.57. The lowest BCUT2D eigenvalue weighted by Gasteiger charge is -2.36. The highest BCUT2D eigenvalue weighted by Gasteiger charge is 2.45. The molecule has 1 unspecified atom stereocenters. The average Bonchev–Trinajstić information content (AvgIpc) is 2.97. The van der Waals surface area contributed by atoms with E-state index in [1.165, 1.54) is 6.20 Å². The number of nitrogens with one attached hydrogen (secondary N) is 1. The second-order valence-corrected chi connectivity index (χ2v) is 8.99. The molecule has 4 rings (SSSR count). The maximum atomic E-state index is 13.0. The first-order valence-corrected chi connectivity index (χ1v) is 10.5. The third kappa shape index (κ3) is 4.02. The predicted octanol–water partition coefficient (Wildman–Crippen LogP) is 0.540. The van der Waals surface area contributed by atoms with Crippen LogP contribution in [0.5, 0.6) is 0 Å². The van der Waals surface area contributed by atoms with Gasteiger partial charge in [0, 0.05) is 38.8 Å². The number of piperazine rings is 1. The van der Waals surface area contributed by atoms with Gasteiger partial charge >= 0.3 is 6.09 Å². The number of ether oxygens (including phenoxy) is 1. The van der Waals surface area contributed by atoms with Crippen LogP contribution in [0, 0.1) is 0 Å². The van der Waals surface area contributed by atoms with Crippen LogP contribution in [0.1, 0.15) is 54.3 Å². The van der Waals surface area contributed by atoms with Crippen molar-refractivity contribution in [3.8, 4) is 0 Å². The molecular formula is C21H25N5O6. The number of imide groups is 2. The topological polar surface area (TPSA) is 129 Å². The second kappa shape index (κ2) is 7.88. The standard InChI is InChI=1S/C21H25N5O6/c1-21(2,3)32-20(31)25-8-6-24(7-9-25)15-10-12-13(11-22-15)19(30)26(18(12)29)14-4-5-16(27)23-17(14)28/h10-11,14H,4-9H2,1-3H3,(H,23,27,28). The normalized spacial score (nSPS) is 21.6. The van der Waals surface area contributed by atoms with E-state index < -0.39 is 35.3 Å². The molecule has 1 atom stereocenters. The fourth-order valence-corrected chi connectivity index (χ4v) is 3.97. The number of pyridine rings is 1. The first kappa shape index (κ1) is 21.7. The molecule has 0 radical (unpaired) electrons. The summed E-state index contributed by atoms with van der Waals surface area (Å²) < 4.78 is 5.40. The van der Waals surface area contributed by atoms with Crippen LogP contribution >= 0.6 is 0 Å². The second-order valence-electron chi connectivity index (χ2n) is 8.99. The van der Waals surface area contributed by atoms with Crippen molar-refractivity contribution >= 4 is 35.5 Å². The van der Waals surface area contributed by atoms with Crippen molar-refractivity contribution in [1.29, 1.82) is 0 Å². The first-order valence-electron chi connectivity index (χ1n) is 10.5. The smallest absolute Gasteiger partial charge is 0.410 e. The minimum absolute atomic E-state index is 0.0647. The first-order chi connectivity index (χ1) is 15.0. The van der Waals surface area contributed by atoms with Crippen molar-refractivity contribution in [2.75, 3.05) is 31.1 Å². The van der Waals surface area contributed by atoms with Gasteiger partial charge in [-0.2, -0.15) is 0 Å². The summed E-state index contributed by atoms with van der Waals surface area (Å²) in [5.74, 6) is -1.72. The van der Waals surface area contributed by atoms with Gasteiger partial charge in [-0.3, -0.25) is 29.4 Å². The molecule has 0 aromatic carbocycles. The summed E-state index contributed by atoms with van der Waals surface area (Å²) in [6, 6.07) is 0.533. The Morgan fingerprint density at radius 3 is 2.34 bits per heavy atom. The van der Waals surface area contributed by atoms with Crippen LogP contribution in [0.2, 0.25) is 0 Å². The number of nitrogens with zero attached hydrogens (tertiary/aromatic N) is 4. The largest absolute Gasteiger partial charge is 0.444 e. The molecule has 1 aromatic rings. The zero-order chi connectivity index (χ0) is 23.2. The van der Waals surface area contributed by atoms with E-state index in [4.69, 9.17) is 4.74 Å². The van der Waals surface area contributed by atoms with Crippen molar-refractivity contribution in [3.63, 3.8) is 0 Å². The summed E-state index contributed by atoms with van der Waals surface area (Å²) in [5, 5.41) is 2.17. The van der Waals surface area contributed by atoms with Gasteiger partial charge < -0.3 is 14.5 Å². The van der Waals surface area contributed by atoms with Crippen LogP contribution in [-0.2, 0) is 14.3 Å². The number of piperidine rings is 1. The lowest BCUT2D eigenvalue weighted by molar-refractivity contribution is -0.136. The zero-order valence-electron chi connectivity index (χ0n) is 18.2. The number of rotatable bonds is 2. The van der Waals surface area contributed by atoms with Gasteiger partial charge in [-0.25, -0.2) is 9.78 Å². The lowest BCUT2D eigenvalue weighted by Crippen LogP contribution is -2.54. The molecule has 2 fully saturated rings. The molecule has 0 bridgehead atoms. The van der Waals surface area contributed by atoms with E-state index in [0.717, 1.165) is 4.90 Å². The highest BCUT2D eigenvalue weighted by molar-refractivity contribution is 6.23. The quantitative estimate of drug-likeness (QED) is 0.656. The molecule has 5 amide bonds. The number of hydrogen-bond donors (Lipinski definition) is 1. The van der Waals surface area contributed by atoms with Crippen LogP contribution < -0.4 is 10.2 Å². The summed E-state index contributed by atoms with van der Waals surface area (Å²) in [6.07, 6.45) is 1.13.